The van der Waals surface area contributed by atoms with Crippen molar-refractivity contribution in [2.75, 3.05) is 18.6 Å². The lowest BCUT2D eigenvalue weighted by atomic mass is 9.88. The van der Waals surface area contributed by atoms with Crippen molar-refractivity contribution in [3.8, 4) is 5.75 Å². The molecule has 0 aromatic heterocycles. The molecule has 0 spiro atoms. The van der Waals surface area contributed by atoms with Crippen LogP contribution in [-0.4, -0.2) is 48.5 Å². The Bertz CT molecular complexity index is 759. The van der Waals surface area contributed by atoms with Gasteiger partial charge in [0.1, 0.15) is 11.8 Å². The van der Waals surface area contributed by atoms with Crippen LogP contribution in [-0.2, 0) is 9.59 Å². The fourth-order valence-electron chi connectivity index (χ4n) is 4.53. The quantitative estimate of drug-likeness (QED) is 0.884. The number of urea groups is 1. The SMILES string of the molecule is COc1cccc(N2C(=O)NC3CCN(C(=O)C4CCCCC4)C3C2=O)c1. The molecule has 2 unspecified atom stereocenters. The number of nitrogens with one attached hydrogen (secondary N) is 1. The predicted octanol–water partition coefficient (Wildman–Crippen LogP) is 2.30. The molecule has 7 nitrogen and oxygen atoms in total. The Morgan fingerprint density at radius 3 is 2.67 bits per heavy atom. The number of ether oxygens (including phenoxy) is 1. The van der Waals surface area contributed by atoms with Crippen molar-refractivity contribution in [1.82, 2.24) is 10.2 Å². The number of anilines is 1. The molecule has 27 heavy (non-hydrogen) atoms. The Morgan fingerprint density at radius 2 is 1.93 bits per heavy atom. The van der Waals surface area contributed by atoms with E-state index in [1.807, 2.05) is 0 Å². The van der Waals surface area contributed by atoms with Gasteiger partial charge in [-0.1, -0.05) is 25.3 Å². The normalized spacial score (nSPS) is 26.0. The van der Waals surface area contributed by atoms with Crippen molar-refractivity contribution in [1.29, 1.82) is 0 Å². The van der Waals surface area contributed by atoms with Gasteiger partial charge in [0.15, 0.2) is 0 Å². The molecule has 1 saturated carbocycles. The van der Waals surface area contributed by atoms with E-state index >= 15 is 0 Å². The molecule has 1 aromatic carbocycles. The topological polar surface area (TPSA) is 79.0 Å². The number of methoxy groups -OCH3 is 1. The van der Waals surface area contributed by atoms with Crippen LogP contribution in [0, 0.1) is 5.92 Å². The van der Waals surface area contributed by atoms with Crippen LogP contribution in [0.2, 0.25) is 0 Å². The molecule has 3 fully saturated rings. The zero-order chi connectivity index (χ0) is 19.0. The molecule has 1 aromatic rings. The number of amides is 4. The predicted molar refractivity (Wildman–Crippen MR) is 99.5 cm³/mol. The molecule has 0 radical (unpaired) electrons. The third-order valence-corrected chi connectivity index (χ3v) is 5.93. The summed E-state index contributed by atoms with van der Waals surface area (Å²) in [5.41, 5.74) is 0.451. The van der Waals surface area contributed by atoms with E-state index in [-0.39, 0.29) is 23.8 Å². The third kappa shape index (κ3) is 3.15. The standard InChI is InChI=1S/C20H25N3O4/c1-27-15-9-5-8-14(12-15)23-19(25)17-16(21-20(23)26)10-11-22(17)18(24)13-6-3-2-4-7-13/h5,8-9,12-13,16-17H,2-4,6-7,10-11H2,1H3,(H,21,26). The van der Waals surface area contributed by atoms with E-state index in [4.69, 9.17) is 4.74 Å². The first-order valence-electron chi connectivity index (χ1n) is 9.69. The highest BCUT2D eigenvalue weighted by atomic mass is 16.5. The number of benzene rings is 1. The van der Waals surface area contributed by atoms with E-state index in [1.54, 1.807) is 29.2 Å². The molecule has 4 amide bonds. The van der Waals surface area contributed by atoms with E-state index < -0.39 is 12.1 Å². The summed E-state index contributed by atoms with van der Waals surface area (Å²) in [6.45, 7) is 0.517. The molecule has 2 heterocycles. The molecule has 2 saturated heterocycles. The first kappa shape index (κ1) is 17.8. The number of hydrogen-bond acceptors (Lipinski definition) is 4. The van der Waals surface area contributed by atoms with Crippen molar-refractivity contribution in [2.45, 2.75) is 50.6 Å². The smallest absolute Gasteiger partial charge is 0.329 e. The monoisotopic (exact) mass is 371 g/mol. The van der Waals surface area contributed by atoms with E-state index in [1.165, 1.54) is 13.5 Å². The minimum Gasteiger partial charge on any atom is -0.497 e. The first-order valence-corrected chi connectivity index (χ1v) is 9.69. The summed E-state index contributed by atoms with van der Waals surface area (Å²) in [6.07, 6.45) is 5.72. The molecule has 1 aliphatic carbocycles. The van der Waals surface area contributed by atoms with Gasteiger partial charge in [-0.2, -0.15) is 0 Å². The summed E-state index contributed by atoms with van der Waals surface area (Å²) in [6, 6.07) is 5.47. The summed E-state index contributed by atoms with van der Waals surface area (Å²) in [4.78, 5) is 41.7. The third-order valence-electron chi connectivity index (χ3n) is 5.93. The van der Waals surface area contributed by atoms with Gasteiger partial charge in [-0.3, -0.25) is 9.59 Å². The van der Waals surface area contributed by atoms with Gasteiger partial charge in [0.2, 0.25) is 5.91 Å². The van der Waals surface area contributed by atoms with Crippen molar-refractivity contribution in [3.63, 3.8) is 0 Å². The van der Waals surface area contributed by atoms with Crippen LogP contribution >= 0.6 is 0 Å². The number of carbonyl (C=O) groups excluding carboxylic acids is 3. The van der Waals surface area contributed by atoms with Crippen molar-refractivity contribution < 1.29 is 19.1 Å². The van der Waals surface area contributed by atoms with Crippen LogP contribution < -0.4 is 15.0 Å². The van der Waals surface area contributed by atoms with Crippen molar-refractivity contribution in [2.24, 2.45) is 5.92 Å². The summed E-state index contributed by atoms with van der Waals surface area (Å²) >= 11 is 0. The van der Waals surface area contributed by atoms with Crippen LogP contribution in [0.5, 0.6) is 5.75 Å². The molecule has 144 valence electrons. The number of carbonyl (C=O) groups is 3. The zero-order valence-electron chi connectivity index (χ0n) is 15.5. The van der Waals surface area contributed by atoms with Gasteiger partial charge in [0.05, 0.1) is 18.8 Å². The fourth-order valence-corrected chi connectivity index (χ4v) is 4.53. The average Bonchev–Trinajstić information content (AvgIpc) is 3.12. The Labute approximate surface area is 158 Å². The minimum atomic E-state index is -0.622. The van der Waals surface area contributed by atoms with Gasteiger partial charge in [0, 0.05) is 18.5 Å². The van der Waals surface area contributed by atoms with E-state index in [2.05, 4.69) is 5.32 Å². The number of fused-ring (bicyclic) bond motifs is 1. The van der Waals surface area contributed by atoms with E-state index in [9.17, 15) is 14.4 Å². The summed E-state index contributed by atoms with van der Waals surface area (Å²) in [7, 11) is 1.54. The maximum absolute atomic E-state index is 13.2. The Kier molecular flexibility index (Phi) is 4.76. The largest absolute Gasteiger partial charge is 0.497 e. The van der Waals surface area contributed by atoms with Crippen LogP contribution in [0.1, 0.15) is 38.5 Å². The second kappa shape index (κ2) is 7.21. The van der Waals surface area contributed by atoms with Crippen LogP contribution in [0.3, 0.4) is 0 Å². The Hall–Kier alpha value is -2.57. The molecular weight excluding hydrogens is 346 g/mol. The van der Waals surface area contributed by atoms with Gasteiger partial charge in [-0.15, -0.1) is 0 Å². The van der Waals surface area contributed by atoms with E-state index in [0.717, 1.165) is 30.6 Å². The molecule has 2 atom stereocenters. The molecule has 4 rings (SSSR count). The molecule has 7 heteroatoms. The fraction of sp³-hybridized carbons (Fsp3) is 0.550. The maximum Gasteiger partial charge on any atom is 0.329 e. The molecule has 1 N–H and O–H groups in total. The lowest BCUT2D eigenvalue weighted by Gasteiger charge is -2.38. The van der Waals surface area contributed by atoms with Crippen LogP contribution in [0.25, 0.3) is 0 Å². The first-order chi connectivity index (χ1) is 13.1. The number of nitrogens with zero attached hydrogens (tertiary/aromatic N) is 2. The second-order valence-corrected chi connectivity index (χ2v) is 7.53. The van der Waals surface area contributed by atoms with Crippen LogP contribution in [0.15, 0.2) is 24.3 Å². The van der Waals surface area contributed by atoms with Gasteiger partial charge < -0.3 is 15.0 Å². The highest BCUT2D eigenvalue weighted by molar-refractivity contribution is 6.19. The number of likely N-dealkylation sites (tertiary alicyclic amines) is 1. The second-order valence-electron chi connectivity index (χ2n) is 7.53. The van der Waals surface area contributed by atoms with E-state index in [0.29, 0.717) is 24.4 Å². The lowest BCUT2D eigenvalue weighted by molar-refractivity contribution is -0.142. The highest BCUT2D eigenvalue weighted by Crippen LogP contribution is 2.33. The highest BCUT2D eigenvalue weighted by Gasteiger charge is 2.50. The Balaban J connectivity index is 1.59. The average molecular weight is 371 g/mol. The van der Waals surface area contributed by atoms with Gasteiger partial charge in [-0.25, -0.2) is 9.69 Å². The number of rotatable bonds is 3. The van der Waals surface area contributed by atoms with Gasteiger partial charge >= 0.3 is 6.03 Å². The number of imide groups is 1. The maximum atomic E-state index is 13.2. The zero-order valence-corrected chi connectivity index (χ0v) is 15.5. The van der Waals surface area contributed by atoms with Crippen molar-refractivity contribution in [3.05, 3.63) is 24.3 Å². The summed E-state index contributed by atoms with van der Waals surface area (Å²) in [5.74, 6) is 0.306. The minimum absolute atomic E-state index is 0.00759. The molecule has 2 aliphatic heterocycles. The Morgan fingerprint density at radius 1 is 1.15 bits per heavy atom. The van der Waals surface area contributed by atoms with Gasteiger partial charge in [0.25, 0.3) is 5.91 Å². The summed E-state index contributed by atoms with van der Waals surface area (Å²) < 4.78 is 5.21. The van der Waals surface area contributed by atoms with Crippen LogP contribution in [0.4, 0.5) is 10.5 Å². The molecular formula is C20H25N3O4. The number of hydrogen-bond donors (Lipinski definition) is 1. The summed E-state index contributed by atoms with van der Waals surface area (Å²) in [5, 5.41) is 2.91. The molecule has 0 bridgehead atoms. The van der Waals surface area contributed by atoms with Gasteiger partial charge in [-0.05, 0) is 31.4 Å². The van der Waals surface area contributed by atoms with Crippen molar-refractivity contribution >= 4 is 23.5 Å². The lowest BCUT2D eigenvalue weighted by Crippen LogP contribution is -2.65. The molecule has 3 aliphatic rings.